The molecule has 0 aromatic heterocycles. The molecule has 1 N–H and O–H groups in total. The minimum absolute atomic E-state index is 0.0167. The Kier molecular flexibility index (Phi) is 79.2. The topological polar surface area (TPSA) is 108 Å². The van der Waals surface area contributed by atoms with Crippen molar-refractivity contribution in [2.45, 2.75) is 380 Å². The second-order valence-electron chi connectivity index (χ2n) is 29.8. The first-order chi connectivity index (χ1) is 51.0. The molecule has 0 spiro atoms. The van der Waals surface area contributed by atoms with E-state index in [0.717, 1.165) is 109 Å². The number of hydrogen-bond donors (Lipinski definition) is 1. The summed E-state index contributed by atoms with van der Waals surface area (Å²) < 4.78 is 34.8. The molecular formula is C94H163NO8P+. The molecule has 0 rings (SSSR count). The lowest BCUT2D eigenvalue weighted by atomic mass is 10.0. The third-order valence-electron chi connectivity index (χ3n) is 18.5. The molecule has 0 aromatic carbocycles. The van der Waals surface area contributed by atoms with Crippen LogP contribution in [0.5, 0.6) is 0 Å². The molecule has 0 aromatic rings. The van der Waals surface area contributed by atoms with Gasteiger partial charge in [-0.1, -0.05) is 390 Å². The van der Waals surface area contributed by atoms with Crippen molar-refractivity contribution in [1.82, 2.24) is 0 Å². The molecule has 2 unspecified atom stereocenters. The Morgan fingerprint density at radius 3 is 0.846 bits per heavy atom. The van der Waals surface area contributed by atoms with Crippen LogP contribution in [-0.4, -0.2) is 74.9 Å². The number of phosphoric ester groups is 1. The summed E-state index contributed by atoms with van der Waals surface area (Å²) in [5.74, 6) is -0.846. The fraction of sp³-hybridized carbons (Fsp3) is 0.702. The average Bonchev–Trinajstić information content (AvgIpc) is 0.915. The molecule has 0 fully saturated rings. The van der Waals surface area contributed by atoms with Crippen molar-refractivity contribution in [3.8, 4) is 0 Å². The van der Waals surface area contributed by atoms with Crippen molar-refractivity contribution < 1.29 is 42.1 Å². The zero-order chi connectivity index (χ0) is 75.4. The van der Waals surface area contributed by atoms with Crippen LogP contribution in [0.3, 0.4) is 0 Å². The van der Waals surface area contributed by atoms with Gasteiger partial charge in [-0.3, -0.25) is 18.6 Å². The second kappa shape index (κ2) is 82.7. The average molecular weight is 1470 g/mol. The largest absolute Gasteiger partial charge is 0.472 e. The van der Waals surface area contributed by atoms with Gasteiger partial charge in [-0.25, -0.2) is 4.57 Å². The molecule has 0 aliphatic rings. The first-order valence-corrected chi connectivity index (χ1v) is 44.7. The molecule has 0 saturated heterocycles. The van der Waals surface area contributed by atoms with Gasteiger partial charge in [0, 0.05) is 12.8 Å². The van der Waals surface area contributed by atoms with Crippen molar-refractivity contribution in [3.63, 3.8) is 0 Å². The minimum atomic E-state index is -4.42. The summed E-state index contributed by atoms with van der Waals surface area (Å²) in [7, 11) is 1.44. The summed E-state index contributed by atoms with van der Waals surface area (Å²) in [6, 6.07) is 0. The number of likely N-dealkylation sites (N-methyl/N-ethyl adjacent to an activating group) is 1. The third kappa shape index (κ3) is 86.5. The lowest BCUT2D eigenvalue weighted by Gasteiger charge is -2.24. The van der Waals surface area contributed by atoms with Gasteiger partial charge in [-0.05, 0) is 128 Å². The zero-order valence-electron chi connectivity index (χ0n) is 68.2. The van der Waals surface area contributed by atoms with E-state index in [4.69, 9.17) is 18.5 Å². The van der Waals surface area contributed by atoms with Crippen LogP contribution in [0.2, 0.25) is 0 Å². The number of phosphoric acid groups is 1. The van der Waals surface area contributed by atoms with Crippen molar-refractivity contribution in [1.29, 1.82) is 0 Å². The molecule has 0 heterocycles. The van der Waals surface area contributed by atoms with E-state index in [9.17, 15) is 19.0 Å². The van der Waals surface area contributed by atoms with Crippen LogP contribution in [-0.2, 0) is 32.7 Å². The maximum atomic E-state index is 12.9. The molecule has 0 radical (unpaired) electrons. The summed E-state index contributed by atoms with van der Waals surface area (Å²) in [5, 5.41) is 0. The Morgan fingerprint density at radius 1 is 0.308 bits per heavy atom. The van der Waals surface area contributed by atoms with Gasteiger partial charge < -0.3 is 18.9 Å². The number of carbonyl (C=O) groups excluding carboxylic acids is 2. The van der Waals surface area contributed by atoms with Crippen LogP contribution in [0.15, 0.2) is 158 Å². The number of unbranched alkanes of at least 4 members (excludes halogenated alkanes) is 39. The van der Waals surface area contributed by atoms with Crippen LogP contribution in [0, 0.1) is 0 Å². The Bertz CT molecular complexity index is 2320. The second-order valence-corrected chi connectivity index (χ2v) is 31.3. The van der Waals surface area contributed by atoms with Crippen LogP contribution < -0.4 is 0 Å². The number of carbonyl (C=O) groups is 2. The summed E-state index contributed by atoms with van der Waals surface area (Å²) >= 11 is 0. The molecule has 0 aliphatic carbocycles. The summed E-state index contributed by atoms with van der Waals surface area (Å²) in [6.07, 6.45) is 124. The molecule has 9 nitrogen and oxygen atoms in total. The lowest BCUT2D eigenvalue weighted by Crippen LogP contribution is -2.37. The third-order valence-corrected chi connectivity index (χ3v) is 19.5. The smallest absolute Gasteiger partial charge is 0.462 e. The first-order valence-electron chi connectivity index (χ1n) is 43.2. The molecule has 0 saturated carbocycles. The van der Waals surface area contributed by atoms with E-state index >= 15 is 0 Å². The zero-order valence-corrected chi connectivity index (χ0v) is 69.1. The number of rotatable bonds is 79. The molecule has 596 valence electrons. The van der Waals surface area contributed by atoms with Gasteiger partial charge in [0.15, 0.2) is 6.10 Å². The SMILES string of the molecule is CC/C=C\C/C=C\C/C=C\C/C=C\C/C=C\C/C=C\C/C=C\C/C=C\C/C=C\C/C=C\C/C=C\C/C=C\CCCCC(=O)OC(COC(=O)CCCCCCCCCCCCCCCCCCCCCCCCCCCCCCC/C=C\CCCCCCCCCC)COP(=O)(O)OCC[N+](C)(C)C. The number of esters is 2. The predicted octanol–water partition coefficient (Wildman–Crippen LogP) is 29.4. The van der Waals surface area contributed by atoms with Gasteiger partial charge in [-0.2, -0.15) is 0 Å². The highest BCUT2D eigenvalue weighted by Crippen LogP contribution is 2.43. The van der Waals surface area contributed by atoms with Crippen molar-refractivity contribution in [3.05, 3.63) is 158 Å². The first kappa shape index (κ1) is 99.6. The van der Waals surface area contributed by atoms with Crippen molar-refractivity contribution >= 4 is 19.8 Å². The molecule has 2 atom stereocenters. The molecule has 0 bridgehead atoms. The van der Waals surface area contributed by atoms with Crippen LogP contribution in [0.25, 0.3) is 0 Å². The highest BCUT2D eigenvalue weighted by Gasteiger charge is 2.27. The van der Waals surface area contributed by atoms with Crippen molar-refractivity contribution in [2.24, 2.45) is 0 Å². The standard InChI is InChI=1S/C94H162NO8P/c1-6-8-10-12-14-16-18-20-22-24-26-28-30-32-34-36-38-40-42-44-46-47-49-50-52-54-56-58-60-62-64-66-68-70-72-74-76-78-80-82-84-86-93(96)100-90-92(91-102-104(98,99)101-89-88-95(3,4)5)103-94(97)87-85-83-81-79-77-75-73-71-69-67-65-63-61-59-57-55-53-51-48-45-43-41-39-37-35-33-31-29-27-25-23-21-19-17-15-13-11-9-7-2/h9,11,15,17,21,23-24,26-27,29,33,35,39,41,45,48,53,55,59,61,65,67,71,73,77,79,92H,6-8,10,12-14,16,18-20,22,25,28,30-32,34,36-38,40,42-44,46-47,49-52,54,56-58,60,62-64,66,68-70,72,74-76,78,80-91H2,1-5H3/p+1/b11-9-,17-15-,23-21-,26-24-,29-27-,35-33-,41-39-,48-45-,55-53-,61-59-,67-65-,73-71-,79-77-. The van der Waals surface area contributed by atoms with Gasteiger partial charge in [0.1, 0.15) is 19.8 Å². The molecule has 104 heavy (non-hydrogen) atoms. The summed E-state index contributed by atoms with van der Waals surface area (Å²) in [5.41, 5.74) is 0. The highest BCUT2D eigenvalue weighted by molar-refractivity contribution is 7.47. The van der Waals surface area contributed by atoms with Crippen LogP contribution >= 0.6 is 7.82 Å². The number of hydrogen-bond acceptors (Lipinski definition) is 7. The molecular weight excluding hydrogens is 1300 g/mol. The number of quaternary nitrogens is 1. The van der Waals surface area contributed by atoms with Gasteiger partial charge >= 0.3 is 19.8 Å². The maximum Gasteiger partial charge on any atom is 0.472 e. The highest BCUT2D eigenvalue weighted by atomic mass is 31.2. The monoisotopic (exact) mass is 1470 g/mol. The number of ether oxygens (including phenoxy) is 2. The van der Waals surface area contributed by atoms with Gasteiger partial charge in [0.05, 0.1) is 27.7 Å². The maximum absolute atomic E-state index is 12.9. The van der Waals surface area contributed by atoms with Crippen LogP contribution in [0.1, 0.15) is 373 Å². The van der Waals surface area contributed by atoms with Gasteiger partial charge in [0.2, 0.25) is 0 Å². The van der Waals surface area contributed by atoms with E-state index in [0.29, 0.717) is 17.4 Å². The van der Waals surface area contributed by atoms with Gasteiger partial charge in [-0.15, -0.1) is 0 Å². The fourth-order valence-electron chi connectivity index (χ4n) is 12.0. The summed E-state index contributed by atoms with van der Waals surface area (Å²) in [6.45, 7) is 4.29. The van der Waals surface area contributed by atoms with E-state index in [1.54, 1.807) is 0 Å². The van der Waals surface area contributed by atoms with Gasteiger partial charge in [0.25, 0.3) is 0 Å². The van der Waals surface area contributed by atoms with Crippen LogP contribution in [0.4, 0.5) is 0 Å². The van der Waals surface area contributed by atoms with Crippen molar-refractivity contribution in [2.75, 3.05) is 47.5 Å². The Morgan fingerprint density at radius 2 is 0.548 bits per heavy atom. The van der Waals surface area contributed by atoms with E-state index in [1.165, 1.54) is 231 Å². The number of allylic oxidation sites excluding steroid dienone is 26. The Hall–Kier alpha value is -4.37. The Balaban J connectivity index is 4.02. The summed E-state index contributed by atoms with van der Waals surface area (Å²) in [4.78, 5) is 36.0. The molecule has 0 aliphatic heterocycles. The van der Waals surface area contributed by atoms with E-state index in [-0.39, 0.29) is 32.0 Å². The quantitative estimate of drug-likeness (QED) is 0.0211. The van der Waals surface area contributed by atoms with E-state index in [2.05, 4.69) is 172 Å². The van der Waals surface area contributed by atoms with E-state index < -0.39 is 26.5 Å². The molecule has 10 heteroatoms. The number of nitrogens with zero attached hydrogens (tertiary/aromatic N) is 1. The Labute approximate surface area is 643 Å². The molecule has 0 amide bonds. The van der Waals surface area contributed by atoms with E-state index in [1.807, 2.05) is 21.1 Å². The minimum Gasteiger partial charge on any atom is -0.462 e. The fourth-order valence-corrected chi connectivity index (χ4v) is 12.7. The lowest BCUT2D eigenvalue weighted by molar-refractivity contribution is -0.870. The predicted molar refractivity (Wildman–Crippen MR) is 454 cm³/mol. The normalized spacial score (nSPS) is 13.8.